The number of nitrogens with zero attached hydrogens (tertiary/aromatic N) is 6. The van der Waals surface area contributed by atoms with Crippen LogP contribution in [-0.4, -0.2) is 71.7 Å². The molecule has 5 rings (SSSR count). The number of benzene rings is 1. The van der Waals surface area contributed by atoms with Crippen LogP contribution in [0.25, 0.3) is 34.1 Å². The van der Waals surface area contributed by atoms with E-state index in [1.807, 2.05) is 66.5 Å². The van der Waals surface area contributed by atoms with E-state index in [9.17, 15) is 9.59 Å². The first-order valence-corrected chi connectivity index (χ1v) is 15.6. The van der Waals surface area contributed by atoms with Crippen molar-refractivity contribution in [3.05, 3.63) is 92.7 Å². The third-order valence-electron chi connectivity index (χ3n) is 8.10. The molecule has 1 saturated heterocycles. The molecule has 1 amide bonds. The van der Waals surface area contributed by atoms with Gasteiger partial charge in [-0.05, 0) is 54.7 Å². The Kier molecular flexibility index (Phi) is 9.30. The lowest BCUT2D eigenvalue weighted by molar-refractivity contribution is -0.126. The van der Waals surface area contributed by atoms with E-state index in [0.717, 1.165) is 16.6 Å². The number of hydrogen-bond donors (Lipinski definition) is 0. The van der Waals surface area contributed by atoms with E-state index in [0.29, 0.717) is 54.2 Å². The molecule has 0 radical (unpaired) electrons. The second-order valence-corrected chi connectivity index (χ2v) is 12.3. The number of fused-ring (bicyclic) bond motifs is 1. The summed E-state index contributed by atoms with van der Waals surface area (Å²) in [6.07, 6.45) is 5.58. The van der Waals surface area contributed by atoms with Crippen molar-refractivity contribution in [1.82, 2.24) is 24.4 Å². The molecule has 45 heavy (non-hydrogen) atoms. The molecule has 0 unspecified atom stereocenters. The van der Waals surface area contributed by atoms with E-state index in [1.165, 1.54) is 16.7 Å². The number of pyridine rings is 2. The summed E-state index contributed by atoms with van der Waals surface area (Å²) in [5.41, 5.74) is 3.13. The van der Waals surface area contributed by atoms with E-state index in [1.54, 1.807) is 23.2 Å². The Hall–Kier alpha value is -4.24. The molecular formula is C33H36B2ClFN6O2. The van der Waals surface area contributed by atoms with Crippen LogP contribution in [0.5, 0.6) is 0 Å². The van der Waals surface area contributed by atoms with Crippen LogP contribution in [0.4, 0.5) is 10.2 Å². The molecule has 0 saturated carbocycles. The standard InChI is InChI=1S/C33H36B2ClFN6O2/c1-6-20-11-12-38-28(18(3)4)30(20)43-32-22(31(40-33(43)45)42-14-13-41(17-19(42)5)26(44)7-2)16-23(36)29(39-32)27-21(15-25(34)35)9-8-10-24(27)37/h7-12,15-16,18-19H,2,6,13-14,17,34-35H2,1,3-5H3/t19-/m0/s1. The summed E-state index contributed by atoms with van der Waals surface area (Å²) in [6.45, 7) is 12.9. The molecule has 1 aliphatic heterocycles. The molecule has 1 atom stereocenters. The average molecular weight is 625 g/mol. The van der Waals surface area contributed by atoms with Crippen LogP contribution in [-0.2, 0) is 11.2 Å². The predicted octanol–water partition coefficient (Wildman–Crippen LogP) is 4.11. The lowest BCUT2D eigenvalue weighted by Crippen LogP contribution is -2.54. The topological polar surface area (TPSA) is 84.2 Å². The highest BCUT2D eigenvalue weighted by Crippen LogP contribution is 2.38. The molecule has 0 bridgehead atoms. The highest BCUT2D eigenvalue weighted by atomic mass is 35.5. The number of carbonyl (C=O) groups is 1. The van der Waals surface area contributed by atoms with Crippen molar-refractivity contribution in [3.8, 4) is 16.9 Å². The highest BCUT2D eigenvalue weighted by Gasteiger charge is 2.31. The van der Waals surface area contributed by atoms with Crippen molar-refractivity contribution in [2.24, 2.45) is 0 Å². The number of halogens is 2. The molecule has 230 valence electrons. The van der Waals surface area contributed by atoms with Gasteiger partial charge < -0.3 is 9.80 Å². The number of amides is 1. The molecule has 12 heteroatoms. The first-order chi connectivity index (χ1) is 21.5. The second kappa shape index (κ2) is 13.0. The lowest BCUT2D eigenvalue weighted by Gasteiger charge is -2.40. The Morgan fingerprint density at radius 2 is 1.98 bits per heavy atom. The molecule has 1 fully saturated rings. The number of anilines is 1. The Morgan fingerprint density at radius 3 is 2.62 bits per heavy atom. The average Bonchev–Trinajstić information content (AvgIpc) is 3.00. The van der Waals surface area contributed by atoms with E-state index < -0.39 is 11.5 Å². The van der Waals surface area contributed by atoms with Crippen molar-refractivity contribution < 1.29 is 9.18 Å². The summed E-state index contributed by atoms with van der Waals surface area (Å²) in [4.78, 5) is 44.6. The fourth-order valence-electron chi connectivity index (χ4n) is 6.00. The molecule has 1 aromatic carbocycles. The molecule has 4 heterocycles. The molecule has 1 aliphatic rings. The van der Waals surface area contributed by atoms with Gasteiger partial charge >= 0.3 is 5.69 Å². The van der Waals surface area contributed by atoms with E-state index in [4.69, 9.17) is 16.6 Å². The lowest BCUT2D eigenvalue weighted by atomic mass is 9.77. The number of rotatable bonds is 7. The van der Waals surface area contributed by atoms with Gasteiger partial charge in [0.05, 0.1) is 27.5 Å². The Labute approximate surface area is 269 Å². The van der Waals surface area contributed by atoms with Gasteiger partial charge in [0.2, 0.25) is 5.91 Å². The van der Waals surface area contributed by atoms with Crippen molar-refractivity contribution in [3.63, 3.8) is 0 Å². The minimum atomic E-state index is -0.530. The SMILES string of the molecule is BC(B)=Cc1cccc(F)c1-c1nc2c(cc1Cl)c(N1CCN(C(=O)C=C)C[C@@H]1C)nc(=O)n2-c1c(CC)ccnc1C(C)C. The largest absolute Gasteiger partial charge is 0.355 e. The van der Waals surface area contributed by atoms with Gasteiger partial charge in [0, 0.05) is 37.4 Å². The van der Waals surface area contributed by atoms with E-state index >= 15 is 4.39 Å². The summed E-state index contributed by atoms with van der Waals surface area (Å²) in [5.74, 6) is -0.217. The van der Waals surface area contributed by atoms with Crippen molar-refractivity contribution in [2.75, 3.05) is 24.5 Å². The zero-order valence-electron chi connectivity index (χ0n) is 26.6. The van der Waals surface area contributed by atoms with Crippen LogP contribution in [0.3, 0.4) is 0 Å². The van der Waals surface area contributed by atoms with Crippen LogP contribution in [0.1, 0.15) is 50.4 Å². The number of carbonyl (C=O) groups excluding carboxylic acids is 1. The van der Waals surface area contributed by atoms with E-state index in [2.05, 4.69) is 16.5 Å². The minimum Gasteiger partial charge on any atom is -0.350 e. The predicted molar refractivity (Wildman–Crippen MR) is 185 cm³/mol. The maximum absolute atomic E-state index is 15.6. The third-order valence-corrected chi connectivity index (χ3v) is 8.39. The van der Waals surface area contributed by atoms with Crippen LogP contribution >= 0.6 is 11.6 Å². The fraction of sp³-hybridized carbons (Fsp3) is 0.303. The summed E-state index contributed by atoms with van der Waals surface area (Å²) in [7, 11) is 3.87. The summed E-state index contributed by atoms with van der Waals surface area (Å²) in [5, 5.41) is 1.75. The van der Waals surface area contributed by atoms with Crippen LogP contribution in [0.2, 0.25) is 5.02 Å². The van der Waals surface area contributed by atoms with Crippen LogP contribution in [0.15, 0.2) is 59.3 Å². The van der Waals surface area contributed by atoms with Gasteiger partial charge in [0.15, 0.2) is 5.65 Å². The first kappa shape index (κ1) is 32.2. The number of piperazine rings is 1. The Balaban J connectivity index is 1.87. The Bertz CT molecular complexity index is 1910. The molecule has 3 aromatic heterocycles. The number of aromatic nitrogens is 4. The molecular weight excluding hydrogens is 588 g/mol. The molecule has 8 nitrogen and oxygen atoms in total. The fourth-order valence-corrected chi connectivity index (χ4v) is 6.25. The van der Waals surface area contributed by atoms with Gasteiger partial charge in [-0.2, -0.15) is 4.98 Å². The quantitative estimate of drug-likeness (QED) is 0.228. The van der Waals surface area contributed by atoms with Gasteiger partial charge in [-0.15, -0.1) is 5.37 Å². The second-order valence-electron chi connectivity index (χ2n) is 11.9. The monoisotopic (exact) mass is 624 g/mol. The third kappa shape index (κ3) is 6.06. The molecule has 4 aromatic rings. The Morgan fingerprint density at radius 1 is 1.22 bits per heavy atom. The molecule has 0 aliphatic carbocycles. The highest BCUT2D eigenvalue weighted by molar-refractivity contribution is 6.50. The van der Waals surface area contributed by atoms with Gasteiger partial charge in [-0.25, -0.2) is 18.7 Å². The van der Waals surface area contributed by atoms with Crippen molar-refractivity contribution >= 4 is 56.1 Å². The summed E-state index contributed by atoms with van der Waals surface area (Å²) in [6, 6.07) is 8.30. The minimum absolute atomic E-state index is 0.00812. The number of aryl methyl sites for hydroxylation is 1. The van der Waals surface area contributed by atoms with Crippen molar-refractivity contribution in [1.29, 1.82) is 0 Å². The smallest absolute Gasteiger partial charge is 0.350 e. The zero-order chi connectivity index (χ0) is 32.6. The van der Waals surface area contributed by atoms with E-state index in [-0.39, 0.29) is 34.1 Å². The van der Waals surface area contributed by atoms with Gasteiger partial charge in [-0.3, -0.25) is 9.78 Å². The first-order valence-electron chi connectivity index (χ1n) is 15.2. The summed E-state index contributed by atoms with van der Waals surface area (Å²) >= 11 is 6.97. The molecule has 0 spiro atoms. The number of hydrogen-bond acceptors (Lipinski definition) is 6. The zero-order valence-corrected chi connectivity index (χ0v) is 27.3. The van der Waals surface area contributed by atoms with Crippen LogP contribution < -0.4 is 10.6 Å². The van der Waals surface area contributed by atoms with Gasteiger partial charge in [-0.1, -0.05) is 57.2 Å². The maximum Gasteiger partial charge on any atom is 0.355 e. The van der Waals surface area contributed by atoms with Crippen LogP contribution in [0, 0.1) is 5.82 Å². The maximum atomic E-state index is 15.6. The molecule has 0 N–H and O–H groups in total. The van der Waals surface area contributed by atoms with Gasteiger partial charge in [0.1, 0.15) is 27.3 Å². The van der Waals surface area contributed by atoms with Crippen molar-refractivity contribution in [2.45, 2.75) is 46.1 Å². The van der Waals surface area contributed by atoms with Gasteiger partial charge in [0.25, 0.3) is 0 Å². The summed E-state index contributed by atoms with van der Waals surface area (Å²) < 4.78 is 17.1. The normalized spacial score (nSPS) is 15.0.